The van der Waals surface area contributed by atoms with Crippen LogP contribution < -0.4 is 10.2 Å². The molecule has 1 saturated heterocycles. The van der Waals surface area contributed by atoms with Crippen molar-refractivity contribution in [2.24, 2.45) is 5.92 Å². The Kier molecular flexibility index (Phi) is 4.76. The van der Waals surface area contributed by atoms with Gasteiger partial charge < -0.3 is 10.2 Å². The topological polar surface area (TPSA) is 49.4 Å². The van der Waals surface area contributed by atoms with Gasteiger partial charge in [-0.2, -0.15) is 0 Å². The molecular formula is C18H24N2O2. The number of amides is 2. The van der Waals surface area contributed by atoms with Crippen molar-refractivity contribution < 1.29 is 9.59 Å². The lowest BCUT2D eigenvalue weighted by molar-refractivity contribution is -0.117. The van der Waals surface area contributed by atoms with Gasteiger partial charge in [-0.25, -0.2) is 0 Å². The van der Waals surface area contributed by atoms with Gasteiger partial charge in [-0.05, 0) is 43.0 Å². The standard InChI is InChI=1S/C18H24N2O2/c21-17(12-7-14-4-1-2-5-14)19-15-8-10-16(11-9-15)20-13-3-6-18(20)22/h8-11,14H,1-7,12-13H2,(H,19,21). The number of benzene rings is 1. The van der Waals surface area contributed by atoms with Crippen molar-refractivity contribution in [3.8, 4) is 0 Å². The summed E-state index contributed by atoms with van der Waals surface area (Å²) in [5, 5.41) is 2.95. The molecule has 1 heterocycles. The maximum atomic E-state index is 12.0. The second-order valence-electron chi connectivity index (χ2n) is 6.43. The Bertz CT molecular complexity index is 533. The number of nitrogens with zero attached hydrogens (tertiary/aromatic N) is 1. The van der Waals surface area contributed by atoms with Crippen LogP contribution in [0.2, 0.25) is 0 Å². The average Bonchev–Trinajstić information content (AvgIpc) is 3.17. The van der Waals surface area contributed by atoms with Crippen molar-refractivity contribution in [1.29, 1.82) is 0 Å². The lowest BCUT2D eigenvalue weighted by atomic mass is 10.0. The van der Waals surface area contributed by atoms with E-state index in [4.69, 9.17) is 0 Å². The number of carbonyl (C=O) groups is 2. The lowest BCUT2D eigenvalue weighted by Crippen LogP contribution is -2.23. The highest BCUT2D eigenvalue weighted by molar-refractivity contribution is 5.96. The maximum Gasteiger partial charge on any atom is 0.227 e. The fourth-order valence-electron chi connectivity index (χ4n) is 3.50. The summed E-state index contributed by atoms with van der Waals surface area (Å²) in [4.78, 5) is 25.5. The third-order valence-electron chi connectivity index (χ3n) is 4.79. The summed E-state index contributed by atoms with van der Waals surface area (Å²) in [6.45, 7) is 0.798. The van der Waals surface area contributed by atoms with Crippen LogP contribution in [0.15, 0.2) is 24.3 Å². The minimum Gasteiger partial charge on any atom is -0.326 e. The predicted molar refractivity (Wildman–Crippen MR) is 87.9 cm³/mol. The van der Waals surface area contributed by atoms with Gasteiger partial charge in [-0.1, -0.05) is 25.7 Å². The fraction of sp³-hybridized carbons (Fsp3) is 0.556. The summed E-state index contributed by atoms with van der Waals surface area (Å²) in [7, 11) is 0. The van der Waals surface area contributed by atoms with Crippen molar-refractivity contribution in [2.75, 3.05) is 16.8 Å². The number of rotatable bonds is 5. The Labute approximate surface area is 131 Å². The van der Waals surface area contributed by atoms with Gasteiger partial charge in [0, 0.05) is 30.8 Å². The summed E-state index contributed by atoms with van der Waals surface area (Å²) in [5.74, 6) is 1.03. The molecule has 2 aliphatic rings. The van der Waals surface area contributed by atoms with E-state index in [1.54, 1.807) is 0 Å². The van der Waals surface area contributed by atoms with E-state index in [1.165, 1.54) is 25.7 Å². The van der Waals surface area contributed by atoms with Gasteiger partial charge in [0.1, 0.15) is 0 Å². The summed E-state index contributed by atoms with van der Waals surface area (Å²) >= 11 is 0. The summed E-state index contributed by atoms with van der Waals surface area (Å²) in [6.07, 6.45) is 8.39. The Hall–Kier alpha value is -1.84. The van der Waals surface area contributed by atoms with Crippen molar-refractivity contribution in [1.82, 2.24) is 0 Å². The van der Waals surface area contributed by atoms with E-state index in [2.05, 4.69) is 5.32 Å². The zero-order chi connectivity index (χ0) is 15.4. The molecule has 0 bridgehead atoms. The molecule has 22 heavy (non-hydrogen) atoms. The monoisotopic (exact) mass is 300 g/mol. The molecule has 3 rings (SSSR count). The highest BCUT2D eigenvalue weighted by Gasteiger charge is 2.21. The number of hydrogen-bond acceptors (Lipinski definition) is 2. The molecule has 1 aromatic carbocycles. The lowest BCUT2D eigenvalue weighted by Gasteiger charge is -2.16. The average molecular weight is 300 g/mol. The first-order valence-corrected chi connectivity index (χ1v) is 8.42. The Morgan fingerprint density at radius 3 is 2.50 bits per heavy atom. The third kappa shape index (κ3) is 3.67. The molecule has 1 aromatic rings. The van der Waals surface area contributed by atoms with Gasteiger partial charge in [0.05, 0.1) is 0 Å². The molecule has 2 fully saturated rings. The van der Waals surface area contributed by atoms with Gasteiger partial charge >= 0.3 is 0 Å². The molecule has 0 spiro atoms. The molecule has 2 amide bonds. The van der Waals surface area contributed by atoms with E-state index < -0.39 is 0 Å². The minimum atomic E-state index is 0.0944. The van der Waals surface area contributed by atoms with E-state index in [1.807, 2.05) is 29.2 Å². The Balaban J connectivity index is 1.49. The molecule has 4 nitrogen and oxygen atoms in total. The van der Waals surface area contributed by atoms with Crippen LogP contribution in [0.25, 0.3) is 0 Å². The largest absolute Gasteiger partial charge is 0.326 e. The van der Waals surface area contributed by atoms with Crippen LogP contribution >= 0.6 is 0 Å². The van der Waals surface area contributed by atoms with E-state index in [0.29, 0.717) is 12.8 Å². The number of hydrogen-bond donors (Lipinski definition) is 1. The summed E-state index contributed by atoms with van der Waals surface area (Å²) in [5.41, 5.74) is 1.73. The molecular weight excluding hydrogens is 276 g/mol. The Morgan fingerprint density at radius 1 is 1.14 bits per heavy atom. The van der Waals surface area contributed by atoms with Crippen molar-refractivity contribution in [2.45, 2.75) is 51.4 Å². The van der Waals surface area contributed by atoms with Crippen LogP contribution in [-0.4, -0.2) is 18.4 Å². The van der Waals surface area contributed by atoms with Gasteiger partial charge in [0.25, 0.3) is 0 Å². The second kappa shape index (κ2) is 6.95. The minimum absolute atomic E-state index is 0.0944. The van der Waals surface area contributed by atoms with Crippen LogP contribution in [0.4, 0.5) is 11.4 Å². The molecule has 1 N–H and O–H groups in total. The fourth-order valence-corrected chi connectivity index (χ4v) is 3.50. The smallest absolute Gasteiger partial charge is 0.227 e. The quantitative estimate of drug-likeness (QED) is 0.901. The van der Waals surface area contributed by atoms with Gasteiger partial charge in [0.2, 0.25) is 11.8 Å². The van der Waals surface area contributed by atoms with E-state index in [-0.39, 0.29) is 11.8 Å². The van der Waals surface area contributed by atoms with Gasteiger partial charge in [-0.15, -0.1) is 0 Å². The van der Waals surface area contributed by atoms with Crippen LogP contribution in [0.3, 0.4) is 0 Å². The highest BCUT2D eigenvalue weighted by Crippen LogP contribution is 2.28. The van der Waals surface area contributed by atoms with Crippen molar-refractivity contribution in [3.63, 3.8) is 0 Å². The highest BCUT2D eigenvalue weighted by atomic mass is 16.2. The van der Waals surface area contributed by atoms with E-state index in [0.717, 1.165) is 36.7 Å². The molecule has 0 atom stereocenters. The van der Waals surface area contributed by atoms with Crippen LogP contribution in [0.5, 0.6) is 0 Å². The first kappa shape index (κ1) is 15.1. The predicted octanol–water partition coefficient (Wildman–Crippen LogP) is 3.72. The number of nitrogens with one attached hydrogen (secondary N) is 1. The van der Waals surface area contributed by atoms with Crippen LogP contribution in [0.1, 0.15) is 51.4 Å². The zero-order valence-electron chi connectivity index (χ0n) is 13.0. The second-order valence-corrected chi connectivity index (χ2v) is 6.43. The molecule has 0 unspecified atom stereocenters. The first-order chi connectivity index (χ1) is 10.7. The first-order valence-electron chi connectivity index (χ1n) is 8.42. The normalized spacial score (nSPS) is 18.9. The Morgan fingerprint density at radius 2 is 1.86 bits per heavy atom. The van der Waals surface area contributed by atoms with Crippen LogP contribution in [0, 0.1) is 5.92 Å². The van der Waals surface area contributed by atoms with Gasteiger partial charge in [-0.3, -0.25) is 9.59 Å². The molecule has 1 aliphatic heterocycles. The molecule has 0 radical (unpaired) electrons. The number of anilines is 2. The van der Waals surface area contributed by atoms with Crippen molar-refractivity contribution in [3.05, 3.63) is 24.3 Å². The summed E-state index contributed by atoms with van der Waals surface area (Å²) < 4.78 is 0. The molecule has 4 heteroatoms. The SMILES string of the molecule is O=C(CCC1CCCC1)Nc1ccc(N2CCCC2=O)cc1. The van der Waals surface area contributed by atoms with E-state index in [9.17, 15) is 9.59 Å². The third-order valence-corrected chi connectivity index (χ3v) is 4.79. The zero-order valence-corrected chi connectivity index (χ0v) is 13.0. The van der Waals surface area contributed by atoms with E-state index >= 15 is 0 Å². The maximum absolute atomic E-state index is 12.0. The van der Waals surface area contributed by atoms with Crippen molar-refractivity contribution >= 4 is 23.2 Å². The van der Waals surface area contributed by atoms with Gasteiger partial charge in [0.15, 0.2) is 0 Å². The molecule has 118 valence electrons. The van der Waals surface area contributed by atoms with Crippen LogP contribution in [-0.2, 0) is 9.59 Å². The molecule has 1 saturated carbocycles. The number of carbonyl (C=O) groups excluding carboxylic acids is 2. The molecule has 1 aliphatic carbocycles. The molecule has 0 aromatic heterocycles. The summed E-state index contributed by atoms with van der Waals surface area (Å²) in [6, 6.07) is 7.59.